The van der Waals surface area contributed by atoms with E-state index in [1.807, 2.05) is 0 Å². The van der Waals surface area contributed by atoms with E-state index in [1.165, 1.54) is 35.5 Å². The molecule has 3 rings (SSSR count). The molecular weight excluding hydrogens is 437 g/mol. The Bertz CT molecular complexity index is 1030. The van der Waals surface area contributed by atoms with Crippen LogP contribution in [-0.4, -0.2) is 34.2 Å². The van der Waals surface area contributed by atoms with E-state index < -0.39 is 40.5 Å². The molecule has 164 valence electrons. The number of rotatable bonds is 3. The molecule has 0 aliphatic carbocycles. The minimum absolute atomic E-state index is 0.0560. The molecule has 1 atom stereocenters. The summed E-state index contributed by atoms with van der Waals surface area (Å²) in [6, 6.07) is 4.00. The number of carbonyl (C=O) groups is 3. The van der Waals surface area contributed by atoms with Crippen LogP contribution in [0.2, 0.25) is 5.02 Å². The smallest absolute Gasteiger partial charge is 0.366 e. The zero-order chi connectivity index (χ0) is 22.8. The molecular formula is C20H18ClF3N4O3. The fourth-order valence-electron chi connectivity index (χ4n) is 3.45. The van der Waals surface area contributed by atoms with Crippen molar-refractivity contribution in [3.63, 3.8) is 0 Å². The van der Waals surface area contributed by atoms with E-state index in [4.69, 9.17) is 17.3 Å². The molecule has 7 nitrogen and oxygen atoms in total. The number of primary amides is 1. The second-order valence-electron chi connectivity index (χ2n) is 7.03. The van der Waals surface area contributed by atoms with Gasteiger partial charge in [-0.25, -0.2) is 0 Å². The minimum Gasteiger partial charge on any atom is -0.366 e. The van der Waals surface area contributed by atoms with Crippen molar-refractivity contribution in [1.29, 1.82) is 0 Å². The van der Waals surface area contributed by atoms with Crippen LogP contribution in [0, 0.1) is 0 Å². The Hall–Kier alpha value is -3.14. The van der Waals surface area contributed by atoms with Crippen LogP contribution in [0.5, 0.6) is 0 Å². The Kier molecular flexibility index (Phi) is 6.49. The molecule has 1 aliphatic rings. The maximum Gasteiger partial charge on any atom is 0.417 e. The molecule has 0 radical (unpaired) electrons. The summed E-state index contributed by atoms with van der Waals surface area (Å²) in [5.74, 6) is -2.57. The number of carbonyl (C=O) groups excluding carboxylic acids is 3. The van der Waals surface area contributed by atoms with E-state index >= 15 is 0 Å². The first-order valence-electron chi connectivity index (χ1n) is 9.31. The molecule has 1 aromatic carbocycles. The number of piperidine rings is 1. The first-order chi connectivity index (χ1) is 14.6. The number of aromatic nitrogens is 1. The van der Waals surface area contributed by atoms with Gasteiger partial charge in [0.05, 0.1) is 34.1 Å². The van der Waals surface area contributed by atoms with Gasteiger partial charge in [0.15, 0.2) is 0 Å². The van der Waals surface area contributed by atoms with E-state index in [1.54, 1.807) is 0 Å². The highest BCUT2D eigenvalue weighted by Crippen LogP contribution is 2.38. The molecule has 2 heterocycles. The number of nitrogens with one attached hydrogen (secondary N) is 1. The van der Waals surface area contributed by atoms with Crippen molar-refractivity contribution in [3.05, 3.63) is 58.4 Å². The SMILES string of the molecule is NC(=O)c1cncc(NC(=O)C(=O)N2CCCC[C@H]2c2ccc(C(F)(F)F)c(Cl)c2)c1. The first-order valence-corrected chi connectivity index (χ1v) is 9.69. The molecule has 31 heavy (non-hydrogen) atoms. The van der Waals surface area contributed by atoms with Crippen LogP contribution in [0.15, 0.2) is 36.7 Å². The normalized spacial score (nSPS) is 16.6. The summed E-state index contributed by atoms with van der Waals surface area (Å²) in [7, 11) is 0. The van der Waals surface area contributed by atoms with Gasteiger partial charge >= 0.3 is 18.0 Å². The molecule has 11 heteroatoms. The minimum atomic E-state index is -4.59. The van der Waals surface area contributed by atoms with Gasteiger partial charge in [0, 0.05) is 12.7 Å². The van der Waals surface area contributed by atoms with Crippen molar-refractivity contribution < 1.29 is 27.6 Å². The average molecular weight is 455 g/mol. The third-order valence-electron chi connectivity index (χ3n) is 4.92. The van der Waals surface area contributed by atoms with Crippen molar-refractivity contribution >= 4 is 35.0 Å². The van der Waals surface area contributed by atoms with E-state index in [-0.39, 0.29) is 17.8 Å². The third kappa shape index (κ3) is 5.13. The molecule has 2 aromatic rings. The highest BCUT2D eigenvalue weighted by atomic mass is 35.5. The zero-order valence-electron chi connectivity index (χ0n) is 16.1. The fraction of sp³-hybridized carbons (Fsp3) is 0.300. The Morgan fingerprint density at radius 3 is 2.55 bits per heavy atom. The molecule has 1 fully saturated rings. The van der Waals surface area contributed by atoms with Gasteiger partial charge < -0.3 is 16.0 Å². The largest absolute Gasteiger partial charge is 0.417 e. The summed E-state index contributed by atoms with van der Waals surface area (Å²) in [5.41, 5.74) is 4.79. The van der Waals surface area contributed by atoms with Crippen molar-refractivity contribution in [2.75, 3.05) is 11.9 Å². The lowest BCUT2D eigenvalue weighted by molar-refractivity contribution is -0.145. The summed E-state index contributed by atoms with van der Waals surface area (Å²) in [4.78, 5) is 41.6. The Morgan fingerprint density at radius 1 is 1.16 bits per heavy atom. The fourth-order valence-corrected chi connectivity index (χ4v) is 3.74. The van der Waals surface area contributed by atoms with Crippen LogP contribution >= 0.6 is 11.6 Å². The van der Waals surface area contributed by atoms with Crippen molar-refractivity contribution in [1.82, 2.24) is 9.88 Å². The molecule has 0 saturated carbocycles. The molecule has 1 saturated heterocycles. The number of nitrogens with zero attached hydrogens (tertiary/aromatic N) is 2. The Labute approximate surface area is 180 Å². The number of benzene rings is 1. The van der Waals surface area contributed by atoms with Gasteiger partial charge in [0.1, 0.15) is 0 Å². The third-order valence-corrected chi connectivity index (χ3v) is 5.23. The van der Waals surface area contributed by atoms with Gasteiger partial charge in [-0.2, -0.15) is 13.2 Å². The molecule has 3 amide bonds. The lowest BCUT2D eigenvalue weighted by atomic mass is 9.94. The summed E-state index contributed by atoms with van der Waals surface area (Å²) < 4.78 is 38.9. The number of hydrogen-bond acceptors (Lipinski definition) is 4. The number of amides is 3. The lowest BCUT2D eigenvalue weighted by Crippen LogP contribution is -2.44. The standard InChI is InChI=1S/C20H18ClF3N4O3/c21-15-8-11(4-5-14(15)20(22,23)24)16-3-1-2-6-28(16)19(31)18(30)27-13-7-12(17(25)29)9-26-10-13/h4-5,7-10,16H,1-3,6H2,(H2,25,29)(H,27,30)/t16-/m0/s1. The van der Waals surface area contributed by atoms with Gasteiger partial charge in [-0.15, -0.1) is 0 Å². The Balaban J connectivity index is 1.81. The highest BCUT2D eigenvalue weighted by molar-refractivity contribution is 6.39. The molecule has 0 bridgehead atoms. The van der Waals surface area contributed by atoms with Gasteiger partial charge in [0.25, 0.3) is 0 Å². The number of halogens is 4. The zero-order valence-corrected chi connectivity index (χ0v) is 16.8. The summed E-state index contributed by atoms with van der Waals surface area (Å²) in [6.45, 7) is 0.259. The average Bonchev–Trinajstić information content (AvgIpc) is 2.72. The predicted molar refractivity (Wildman–Crippen MR) is 106 cm³/mol. The topological polar surface area (TPSA) is 105 Å². The van der Waals surface area contributed by atoms with Crippen LogP contribution in [-0.2, 0) is 15.8 Å². The second kappa shape index (κ2) is 8.93. The van der Waals surface area contributed by atoms with Gasteiger partial charge in [0.2, 0.25) is 5.91 Å². The van der Waals surface area contributed by atoms with E-state index in [0.29, 0.717) is 18.4 Å². The summed E-state index contributed by atoms with van der Waals surface area (Å²) in [6.07, 6.45) is -0.276. The van der Waals surface area contributed by atoms with Crippen LogP contribution in [0.4, 0.5) is 18.9 Å². The van der Waals surface area contributed by atoms with E-state index in [9.17, 15) is 27.6 Å². The molecule has 1 aromatic heterocycles. The predicted octanol–water partition coefficient (Wildman–Crippen LogP) is 3.55. The first kappa shape index (κ1) is 22.5. The summed E-state index contributed by atoms with van der Waals surface area (Å²) in [5, 5.41) is 1.90. The maximum absolute atomic E-state index is 13.0. The molecule has 3 N–H and O–H groups in total. The summed E-state index contributed by atoms with van der Waals surface area (Å²) >= 11 is 5.82. The quantitative estimate of drug-likeness (QED) is 0.692. The van der Waals surface area contributed by atoms with Crippen molar-refractivity contribution in [3.8, 4) is 0 Å². The van der Waals surface area contributed by atoms with Crippen molar-refractivity contribution in [2.24, 2.45) is 5.73 Å². The Morgan fingerprint density at radius 2 is 1.90 bits per heavy atom. The van der Waals surface area contributed by atoms with Crippen LogP contribution in [0.25, 0.3) is 0 Å². The number of anilines is 1. The van der Waals surface area contributed by atoms with Gasteiger partial charge in [-0.05, 0) is 43.0 Å². The van der Waals surface area contributed by atoms with Crippen molar-refractivity contribution in [2.45, 2.75) is 31.5 Å². The highest BCUT2D eigenvalue weighted by Gasteiger charge is 2.35. The van der Waals surface area contributed by atoms with Crippen LogP contribution in [0.1, 0.15) is 46.8 Å². The second-order valence-corrected chi connectivity index (χ2v) is 7.44. The van der Waals surface area contributed by atoms with E-state index in [2.05, 4.69) is 10.3 Å². The molecule has 0 spiro atoms. The number of pyridine rings is 1. The van der Waals surface area contributed by atoms with Gasteiger partial charge in [-0.1, -0.05) is 17.7 Å². The maximum atomic E-state index is 13.0. The van der Waals surface area contributed by atoms with E-state index in [0.717, 1.165) is 12.5 Å². The van der Waals surface area contributed by atoms with Crippen LogP contribution in [0.3, 0.4) is 0 Å². The number of nitrogens with two attached hydrogens (primary N) is 1. The number of likely N-dealkylation sites (tertiary alicyclic amines) is 1. The molecule has 1 aliphatic heterocycles. The lowest BCUT2D eigenvalue weighted by Gasteiger charge is -2.35. The number of alkyl halides is 3. The molecule has 0 unspecified atom stereocenters. The van der Waals surface area contributed by atoms with Gasteiger partial charge in [-0.3, -0.25) is 19.4 Å². The number of hydrogen-bond donors (Lipinski definition) is 2. The monoisotopic (exact) mass is 454 g/mol. The van der Waals surface area contributed by atoms with Crippen LogP contribution < -0.4 is 11.1 Å².